The van der Waals surface area contributed by atoms with Crippen molar-refractivity contribution in [2.75, 3.05) is 6.54 Å². The molecule has 7 heteroatoms. The SMILES string of the molecule is Cn1cnc(C[C@@H](NC(=O)CCCN)C(=O)O)c1. The number of rotatable bonds is 7. The second-order valence-electron chi connectivity index (χ2n) is 4.09. The van der Waals surface area contributed by atoms with Crippen molar-refractivity contribution in [1.82, 2.24) is 14.9 Å². The second-order valence-corrected chi connectivity index (χ2v) is 4.09. The fourth-order valence-electron chi connectivity index (χ4n) is 1.51. The molecule has 0 unspecified atom stereocenters. The Morgan fingerprint density at radius 2 is 2.33 bits per heavy atom. The molecule has 1 heterocycles. The predicted octanol–water partition coefficient (Wildman–Crippen LogP) is -0.729. The van der Waals surface area contributed by atoms with Crippen molar-refractivity contribution in [3.05, 3.63) is 18.2 Å². The predicted molar refractivity (Wildman–Crippen MR) is 64.8 cm³/mol. The lowest BCUT2D eigenvalue weighted by atomic mass is 10.1. The first kappa shape index (κ1) is 14.2. The fraction of sp³-hybridized carbons (Fsp3) is 0.545. The van der Waals surface area contributed by atoms with Gasteiger partial charge in [-0.25, -0.2) is 9.78 Å². The van der Waals surface area contributed by atoms with Crippen LogP contribution in [0.25, 0.3) is 0 Å². The highest BCUT2D eigenvalue weighted by atomic mass is 16.4. The molecule has 4 N–H and O–H groups in total. The van der Waals surface area contributed by atoms with E-state index >= 15 is 0 Å². The molecule has 7 nitrogen and oxygen atoms in total. The van der Waals surface area contributed by atoms with Crippen LogP contribution in [0, 0.1) is 0 Å². The van der Waals surface area contributed by atoms with Gasteiger partial charge >= 0.3 is 5.97 Å². The Hall–Kier alpha value is -1.89. The van der Waals surface area contributed by atoms with E-state index in [0.29, 0.717) is 18.7 Å². The van der Waals surface area contributed by atoms with Gasteiger partial charge in [0, 0.05) is 26.1 Å². The summed E-state index contributed by atoms with van der Waals surface area (Å²) in [5.74, 6) is -1.37. The van der Waals surface area contributed by atoms with Crippen LogP contribution >= 0.6 is 0 Å². The summed E-state index contributed by atoms with van der Waals surface area (Å²) in [6.45, 7) is 0.408. The summed E-state index contributed by atoms with van der Waals surface area (Å²) in [5.41, 5.74) is 5.91. The zero-order chi connectivity index (χ0) is 13.5. The van der Waals surface area contributed by atoms with Gasteiger partial charge in [-0.15, -0.1) is 0 Å². The highest BCUT2D eigenvalue weighted by Gasteiger charge is 2.21. The number of nitrogens with zero attached hydrogens (tertiary/aromatic N) is 2. The van der Waals surface area contributed by atoms with Gasteiger partial charge in [-0.05, 0) is 13.0 Å². The van der Waals surface area contributed by atoms with Gasteiger partial charge in [-0.1, -0.05) is 0 Å². The van der Waals surface area contributed by atoms with Crippen LogP contribution in [0.2, 0.25) is 0 Å². The zero-order valence-corrected chi connectivity index (χ0v) is 10.3. The Morgan fingerprint density at radius 3 is 2.83 bits per heavy atom. The number of nitrogens with two attached hydrogens (primary N) is 1. The van der Waals surface area contributed by atoms with Crippen molar-refractivity contribution in [2.45, 2.75) is 25.3 Å². The number of aromatic nitrogens is 2. The summed E-state index contributed by atoms with van der Waals surface area (Å²) >= 11 is 0. The van der Waals surface area contributed by atoms with E-state index in [1.807, 2.05) is 0 Å². The van der Waals surface area contributed by atoms with E-state index < -0.39 is 12.0 Å². The molecule has 1 rings (SSSR count). The summed E-state index contributed by atoms with van der Waals surface area (Å²) in [6, 6.07) is -0.954. The van der Waals surface area contributed by atoms with Crippen LogP contribution in [0.15, 0.2) is 12.5 Å². The van der Waals surface area contributed by atoms with Crippen LogP contribution in [0.1, 0.15) is 18.5 Å². The van der Waals surface area contributed by atoms with Crippen molar-refractivity contribution < 1.29 is 14.7 Å². The number of carbonyl (C=O) groups is 2. The number of nitrogens with one attached hydrogen (secondary N) is 1. The van der Waals surface area contributed by atoms with E-state index in [4.69, 9.17) is 10.8 Å². The molecule has 18 heavy (non-hydrogen) atoms. The number of aliphatic carboxylic acids is 1. The highest BCUT2D eigenvalue weighted by molar-refractivity contribution is 5.83. The molecule has 0 radical (unpaired) electrons. The Morgan fingerprint density at radius 1 is 1.61 bits per heavy atom. The van der Waals surface area contributed by atoms with Gasteiger partial charge in [-0.3, -0.25) is 4.79 Å². The van der Waals surface area contributed by atoms with Gasteiger partial charge in [0.25, 0.3) is 0 Å². The van der Waals surface area contributed by atoms with Gasteiger partial charge in [0.15, 0.2) is 0 Å². The first-order valence-electron chi connectivity index (χ1n) is 5.72. The lowest BCUT2D eigenvalue weighted by Gasteiger charge is -2.13. The topological polar surface area (TPSA) is 110 Å². The van der Waals surface area contributed by atoms with E-state index in [0.717, 1.165) is 0 Å². The van der Waals surface area contributed by atoms with Crippen LogP contribution in [-0.4, -0.2) is 39.1 Å². The lowest BCUT2D eigenvalue weighted by Crippen LogP contribution is -2.42. The van der Waals surface area contributed by atoms with Crippen LogP contribution in [0.3, 0.4) is 0 Å². The molecule has 1 aromatic rings. The lowest BCUT2D eigenvalue weighted by molar-refractivity contribution is -0.141. The molecule has 0 spiro atoms. The number of hydrogen-bond acceptors (Lipinski definition) is 4. The Labute approximate surface area is 105 Å². The highest BCUT2D eigenvalue weighted by Crippen LogP contribution is 2.01. The normalized spacial score (nSPS) is 12.1. The average molecular weight is 254 g/mol. The first-order valence-corrected chi connectivity index (χ1v) is 5.72. The monoisotopic (exact) mass is 254 g/mol. The minimum absolute atomic E-state index is 0.171. The summed E-state index contributed by atoms with van der Waals surface area (Å²) in [6.07, 6.45) is 4.27. The fourth-order valence-corrected chi connectivity index (χ4v) is 1.51. The standard InChI is InChI=1S/C11H18N4O3/c1-15-6-8(13-7-15)5-9(11(17)18)14-10(16)3-2-4-12/h6-7,9H,2-5,12H2,1H3,(H,14,16)(H,17,18)/t9-/m1/s1. The Bertz CT molecular complexity index is 416. The quantitative estimate of drug-likeness (QED) is 0.594. The molecule has 0 aliphatic rings. The van der Waals surface area contributed by atoms with Crippen molar-refractivity contribution in [1.29, 1.82) is 0 Å². The van der Waals surface area contributed by atoms with Crippen LogP contribution < -0.4 is 11.1 Å². The van der Waals surface area contributed by atoms with Gasteiger partial charge in [0.2, 0.25) is 5.91 Å². The molecule has 100 valence electrons. The number of carboxylic acid groups (broad SMARTS) is 1. The first-order chi connectivity index (χ1) is 8.52. The van der Waals surface area contributed by atoms with Gasteiger partial charge in [0.1, 0.15) is 6.04 Å². The summed E-state index contributed by atoms with van der Waals surface area (Å²) < 4.78 is 1.73. The third-order valence-electron chi connectivity index (χ3n) is 2.41. The Kier molecular flexibility index (Phi) is 5.31. The van der Waals surface area contributed by atoms with Crippen molar-refractivity contribution in [2.24, 2.45) is 12.8 Å². The molecule has 0 bridgehead atoms. The summed E-state index contributed by atoms with van der Waals surface area (Å²) in [4.78, 5) is 26.5. The molecular weight excluding hydrogens is 236 g/mol. The summed E-state index contributed by atoms with van der Waals surface area (Å²) in [5, 5.41) is 11.5. The maximum Gasteiger partial charge on any atom is 0.326 e. The van der Waals surface area contributed by atoms with E-state index in [9.17, 15) is 9.59 Å². The number of amides is 1. The molecule has 0 fully saturated rings. The number of hydrogen-bond donors (Lipinski definition) is 3. The van der Waals surface area contributed by atoms with Gasteiger partial charge in [-0.2, -0.15) is 0 Å². The molecule has 1 amide bonds. The smallest absolute Gasteiger partial charge is 0.326 e. The van der Waals surface area contributed by atoms with Crippen LogP contribution in [0.4, 0.5) is 0 Å². The molecule has 1 atom stereocenters. The van der Waals surface area contributed by atoms with E-state index in [1.165, 1.54) is 0 Å². The number of imidazole rings is 1. The zero-order valence-electron chi connectivity index (χ0n) is 10.3. The molecular formula is C11H18N4O3. The summed E-state index contributed by atoms with van der Waals surface area (Å²) in [7, 11) is 1.80. The molecule has 0 aliphatic carbocycles. The Balaban J connectivity index is 2.55. The maximum atomic E-state index is 11.5. The van der Waals surface area contributed by atoms with E-state index in [-0.39, 0.29) is 18.7 Å². The number of aryl methyl sites for hydroxylation is 1. The number of carbonyl (C=O) groups excluding carboxylic acids is 1. The third kappa shape index (κ3) is 4.54. The minimum atomic E-state index is -1.07. The van der Waals surface area contributed by atoms with E-state index in [2.05, 4.69) is 10.3 Å². The molecule has 0 aromatic carbocycles. The third-order valence-corrected chi connectivity index (χ3v) is 2.41. The number of carboxylic acids is 1. The minimum Gasteiger partial charge on any atom is -0.480 e. The molecule has 0 aliphatic heterocycles. The van der Waals surface area contributed by atoms with Crippen LogP contribution in [0.5, 0.6) is 0 Å². The van der Waals surface area contributed by atoms with E-state index in [1.54, 1.807) is 24.1 Å². The molecule has 0 saturated carbocycles. The molecule has 0 saturated heterocycles. The van der Waals surface area contributed by atoms with Crippen molar-refractivity contribution in [3.8, 4) is 0 Å². The van der Waals surface area contributed by atoms with Crippen molar-refractivity contribution in [3.63, 3.8) is 0 Å². The average Bonchev–Trinajstić information content (AvgIpc) is 2.71. The van der Waals surface area contributed by atoms with Gasteiger partial charge in [0.05, 0.1) is 12.0 Å². The second kappa shape index (κ2) is 6.75. The van der Waals surface area contributed by atoms with Crippen LogP contribution in [-0.2, 0) is 23.1 Å². The van der Waals surface area contributed by atoms with Gasteiger partial charge < -0.3 is 20.7 Å². The molecule has 1 aromatic heterocycles. The largest absolute Gasteiger partial charge is 0.480 e. The maximum absolute atomic E-state index is 11.5. The van der Waals surface area contributed by atoms with Crippen molar-refractivity contribution >= 4 is 11.9 Å².